The molecule has 0 heterocycles. The van der Waals surface area contributed by atoms with Gasteiger partial charge in [-0.1, -0.05) is 13.3 Å². The lowest BCUT2D eigenvalue weighted by molar-refractivity contribution is -0.121. The Kier molecular flexibility index (Phi) is 4.26. The molecule has 3 heteroatoms. The van der Waals surface area contributed by atoms with Crippen LogP contribution >= 0.6 is 0 Å². The average Bonchev–Trinajstić information content (AvgIpc) is 1.83. The van der Waals surface area contributed by atoms with Gasteiger partial charge < -0.3 is 0 Å². The Morgan fingerprint density at radius 2 is 2.38 bits per heavy atom. The quantitative estimate of drug-likeness (QED) is 0.315. The van der Waals surface area contributed by atoms with E-state index in [0.29, 0.717) is 6.42 Å². The Balaban J connectivity index is 2.99. The molecule has 0 aromatic rings. The zero-order valence-electron chi connectivity index (χ0n) is 5.11. The van der Waals surface area contributed by atoms with Gasteiger partial charge in [-0.3, -0.25) is 10.2 Å². The van der Waals surface area contributed by atoms with Gasteiger partial charge in [-0.2, -0.15) is 0 Å². The van der Waals surface area contributed by atoms with Crippen LogP contribution < -0.4 is 11.3 Å². The van der Waals surface area contributed by atoms with E-state index >= 15 is 0 Å². The second-order valence-corrected chi connectivity index (χ2v) is 1.67. The summed E-state index contributed by atoms with van der Waals surface area (Å²) in [7, 11) is 0. The van der Waals surface area contributed by atoms with E-state index in [2.05, 4.69) is 5.43 Å². The van der Waals surface area contributed by atoms with E-state index in [0.717, 1.165) is 12.8 Å². The van der Waals surface area contributed by atoms with Crippen LogP contribution in [0.3, 0.4) is 0 Å². The Morgan fingerprint density at radius 1 is 1.75 bits per heavy atom. The van der Waals surface area contributed by atoms with Crippen LogP contribution in [0.25, 0.3) is 0 Å². The lowest BCUT2D eigenvalue weighted by Gasteiger charge is -1.93. The van der Waals surface area contributed by atoms with Crippen LogP contribution in [0.15, 0.2) is 0 Å². The van der Waals surface area contributed by atoms with Crippen molar-refractivity contribution in [1.82, 2.24) is 5.43 Å². The largest absolute Gasteiger partial charge is 0.294 e. The van der Waals surface area contributed by atoms with Crippen molar-refractivity contribution in [2.45, 2.75) is 26.2 Å². The van der Waals surface area contributed by atoms with Crippen LogP contribution in [-0.4, -0.2) is 5.91 Å². The number of carbonyl (C=O) groups excluding carboxylic acids is 1. The predicted octanol–water partition coefficient (Wildman–Crippen LogP) is 0.167. The van der Waals surface area contributed by atoms with Crippen molar-refractivity contribution < 1.29 is 4.79 Å². The highest BCUT2D eigenvalue weighted by molar-refractivity contribution is 5.74. The molecule has 0 unspecified atom stereocenters. The second kappa shape index (κ2) is 4.59. The number of hydrazine groups is 1. The molecule has 0 saturated carbocycles. The van der Waals surface area contributed by atoms with Crippen molar-refractivity contribution >= 4 is 5.91 Å². The first kappa shape index (κ1) is 7.43. The number of hydrogen-bond acceptors (Lipinski definition) is 2. The van der Waals surface area contributed by atoms with Crippen LogP contribution in [0.4, 0.5) is 0 Å². The number of unbranched alkanes of at least 4 members (excludes halogenated alkanes) is 1. The standard InChI is InChI=1S/C5H12N2O/c1-2-3-4-5(8)7-6/h2-4,6H2,1H3,(H,7,8)/i5+2. The highest BCUT2D eigenvalue weighted by atomic mass is 16.3. The topological polar surface area (TPSA) is 55.1 Å². The maximum Gasteiger partial charge on any atom is 0.233 e. The van der Waals surface area contributed by atoms with Gasteiger partial charge in [0.05, 0.1) is 0 Å². The van der Waals surface area contributed by atoms with E-state index in [9.17, 15) is 4.79 Å². The molecule has 0 aliphatic rings. The molecule has 0 saturated heterocycles. The van der Waals surface area contributed by atoms with E-state index in [1.165, 1.54) is 0 Å². The fourth-order valence-electron chi connectivity index (χ4n) is 0.410. The van der Waals surface area contributed by atoms with Crippen LogP contribution in [0, 0.1) is 0 Å². The van der Waals surface area contributed by atoms with Gasteiger partial charge in [-0.15, -0.1) is 0 Å². The summed E-state index contributed by atoms with van der Waals surface area (Å²) in [6, 6.07) is 0. The summed E-state index contributed by atoms with van der Waals surface area (Å²) in [6.45, 7) is 2.03. The van der Waals surface area contributed by atoms with Crippen molar-refractivity contribution in [2.75, 3.05) is 0 Å². The van der Waals surface area contributed by atoms with Crippen molar-refractivity contribution in [1.29, 1.82) is 0 Å². The van der Waals surface area contributed by atoms with Gasteiger partial charge in [0.15, 0.2) is 0 Å². The highest BCUT2D eigenvalue weighted by Gasteiger charge is 1.93. The third-order valence-corrected chi connectivity index (χ3v) is 0.918. The summed E-state index contributed by atoms with van der Waals surface area (Å²) in [6.07, 6.45) is 2.50. The zero-order valence-corrected chi connectivity index (χ0v) is 5.11. The minimum atomic E-state index is -0.0770. The molecule has 0 radical (unpaired) electrons. The third-order valence-electron chi connectivity index (χ3n) is 0.918. The van der Waals surface area contributed by atoms with Crippen molar-refractivity contribution in [3.63, 3.8) is 0 Å². The fourth-order valence-corrected chi connectivity index (χ4v) is 0.410. The molecule has 3 nitrogen and oxygen atoms in total. The number of nitrogens with two attached hydrogens (primary N) is 1. The minimum absolute atomic E-state index is 0.0770. The Labute approximate surface area is 49.2 Å². The van der Waals surface area contributed by atoms with Gasteiger partial charge in [0.2, 0.25) is 5.91 Å². The van der Waals surface area contributed by atoms with Crippen LogP contribution in [-0.2, 0) is 4.79 Å². The maximum atomic E-state index is 10.3. The molecule has 0 fully saturated rings. The summed E-state index contributed by atoms with van der Waals surface area (Å²) in [5, 5.41) is 0. The zero-order chi connectivity index (χ0) is 6.41. The number of nitrogens with one attached hydrogen (secondary N) is 1. The van der Waals surface area contributed by atoms with Gasteiger partial charge in [-0.05, 0) is 6.42 Å². The molecule has 0 atom stereocenters. The molecule has 0 spiro atoms. The molecule has 8 heavy (non-hydrogen) atoms. The Bertz CT molecular complexity index is 72.8. The number of hydrogen-bond donors (Lipinski definition) is 2. The maximum absolute atomic E-state index is 10.3. The second-order valence-electron chi connectivity index (χ2n) is 1.67. The molecular weight excluding hydrogens is 106 g/mol. The lowest BCUT2D eigenvalue weighted by atomic mass is 10.3. The lowest BCUT2D eigenvalue weighted by Crippen LogP contribution is -2.29. The molecule has 48 valence electrons. The number of rotatable bonds is 3. The van der Waals surface area contributed by atoms with Crippen LogP contribution in [0.2, 0.25) is 0 Å². The molecule has 1 amide bonds. The van der Waals surface area contributed by atoms with E-state index < -0.39 is 0 Å². The number of carbonyl (C=O) groups is 1. The Morgan fingerprint density at radius 3 is 2.75 bits per heavy atom. The first-order valence-electron chi connectivity index (χ1n) is 2.80. The van der Waals surface area contributed by atoms with Crippen LogP contribution in [0.5, 0.6) is 0 Å². The first-order chi connectivity index (χ1) is 3.81. The monoisotopic (exact) mass is 118 g/mol. The molecule has 0 rings (SSSR count). The van der Waals surface area contributed by atoms with Gasteiger partial charge >= 0.3 is 0 Å². The molecule has 0 aromatic carbocycles. The summed E-state index contributed by atoms with van der Waals surface area (Å²) in [4.78, 5) is 10.3. The Hall–Kier alpha value is -0.570. The van der Waals surface area contributed by atoms with Gasteiger partial charge in [0, 0.05) is 6.42 Å². The summed E-state index contributed by atoms with van der Waals surface area (Å²) in [5.74, 6) is 4.74. The van der Waals surface area contributed by atoms with E-state index in [1.807, 2.05) is 6.92 Å². The molecule has 0 aromatic heterocycles. The van der Waals surface area contributed by atoms with Gasteiger partial charge in [-0.25, -0.2) is 5.84 Å². The molecule has 0 aliphatic carbocycles. The van der Waals surface area contributed by atoms with Crippen molar-refractivity contribution in [3.8, 4) is 0 Å². The highest BCUT2D eigenvalue weighted by Crippen LogP contribution is 1.91. The summed E-state index contributed by atoms with van der Waals surface area (Å²) in [5.41, 5.74) is 2.06. The minimum Gasteiger partial charge on any atom is -0.294 e. The fraction of sp³-hybridized carbons (Fsp3) is 0.800. The van der Waals surface area contributed by atoms with Crippen molar-refractivity contribution in [3.05, 3.63) is 0 Å². The first-order valence-corrected chi connectivity index (χ1v) is 2.80. The molecular formula is C5H12N2O. The summed E-state index contributed by atoms with van der Waals surface area (Å²) < 4.78 is 0. The molecule has 0 aliphatic heterocycles. The van der Waals surface area contributed by atoms with E-state index in [-0.39, 0.29) is 5.91 Å². The average molecular weight is 118 g/mol. The van der Waals surface area contributed by atoms with Gasteiger partial charge in [0.25, 0.3) is 0 Å². The normalized spacial score (nSPS) is 8.75. The molecule has 3 N–H and O–H groups in total. The van der Waals surface area contributed by atoms with Crippen LogP contribution in [0.1, 0.15) is 26.2 Å². The van der Waals surface area contributed by atoms with Gasteiger partial charge in [0.1, 0.15) is 0 Å². The smallest absolute Gasteiger partial charge is 0.233 e. The SMILES string of the molecule is CCCC[14C](=O)NN. The third kappa shape index (κ3) is 3.61. The molecule has 0 bridgehead atoms. The van der Waals surface area contributed by atoms with Crippen molar-refractivity contribution in [2.24, 2.45) is 5.84 Å². The van der Waals surface area contributed by atoms with E-state index in [1.54, 1.807) is 0 Å². The summed E-state index contributed by atoms with van der Waals surface area (Å²) >= 11 is 0. The number of amides is 1. The predicted molar refractivity (Wildman–Crippen MR) is 31.9 cm³/mol. The van der Waals surface area contributed by atoms with E-state index in [4.69, 9.17) is 5.84 Å².